The molecule has 2 saturated heterocycles. The standard InChI is InChI=1S/C41H50N8O8/c1-22(2)32(46-40(52)54-5)38(50)48-17-7-9-30(48)36-42-19-28(44-36)25-13-11-24(12-14-25)26-15-16-27(35-34(26)56-21-57-35)29-20-43-37(45-29)31-10-8-18-49(31)39(51)33(23(3)4)47-41(53)55-6/h11-16,19-20,22-23,30-33H,7-10,17-18,21H2,1-6H3,(H,42,44)(H,43,45)(H,46,52)(H,47,53)/t30-,31-,32?,33?/m0/s1. The molecule has 4 N–H and O–H groups in total. The molecule has 0 radical (unpaired) electrons. The fourth-order valence-electron chi connectivity index (χ4n) is 7.95. The fourth-order valence-corrected chi connectivity index (χ4v) is 7.95. The molecule has 2 fully saturated rings. The Kier molecular flexibility index (Phi) is 11.4. The molecule has 4 aromatic rings. The lowest BCUT2D eigenvalue weighted by molar-refractivity contribution is -0.136. The van der Waals surface area contributed by atoms with E-state index in [4.69, 9.17) is 23.9 Å². The maximum atomic E-state index is 13.6. The minimum Gasteiger partial charge on any atom is -0.453 e. The average molecular weight is 783 g/mol. The first-order chi connectivity index (χ1) is 27.5. The third-order valence-corrected chi connectivity index (χ3v) is 11.0. The van der Waals surface area contributed by atoms with Gasteiger partial charge in [0, 0.05) is 24.2 Å². The monoisotopic (exact) mass is 782 g/mol. The van der Waals surface area contributed by atoms with Gasteiger partial charge in [0.2, 0.25) is 18.6 Å². The number of carbonyl (C=O) groups is 4. The average Bonchev–Trinajstić information content (AvgIpc) is 4.07. The Morgan fingerprint density at radius 2 is 1.14 bits per heavy atom. The number of nitrogens with zero attached hydrogens (tertiary/aromatic N) is 4. The molecule has 4 amide bonds. The van der Waals surface area contributed by atoms with Gasteiger partial charge in [-0.25, -0.2) is 19.6 Å². The van der Waals surface area contributed by atoms with E-state index in [0.29, 0.717) is 36.2 Å². The Labute approximate surface area is 331 Å². The molecule has 16 heteroatoms. The molecule has 16 nitrogen and oxygen atoms in total. The first-order valence-electron chi connectivity index (χ1n) is 19.4. The van der Waals surface area contributed by atoms with Crippen molar-refractivity contribution in [1.82, 2.24) is 40.4 Å². The molecule has 7 rings (SSSR count). The summed E-state index contributed by atoms with van der Waals surface area (Å²) >= 11 is 0. The van der Waals surface area contributed by atoms with Crippen LogP contribution >= 0.6 is 0 Å². The quantitative estimate of drug-likeness (QED) is 0.141. The van der Waals surface area contributed by atoms with Crippen LogP contribution in [-0.2, 0) is 19.1 Å². The highest BCUT2D eigenvalue weighted by atomic mass is 16.7. The number of imidazole rings is 2. The van der Waals surface area contributed by atoms with E-state index < -0.39 is 24.3 Å². The molecule has 3 aliphatic heterocycles. The molecule has 57 heavy (non-hydrogen) atoms. The number of nitrogens with one attached hydrogen (secondary N) is 4. The minimum atomic E-state index is -0.720. The van der Waals surface area contributed by atoms with Crippen LogP contribution in [0.15, 0.2) is 48.8 Å². The number of benzene rings is 2. The van der Waals surface area contributed by atoms with E-state index in [1.54, 1.807) is 22.2 Å². The van der Waals surface area contributed by atoms with Crippen LogP contribution in [-0.4, -0.2) is 99.9 Å². The number of hydrogen-bond acceptors (Lipinski definition) is 10. The number of likely N-dealkylation sites (tertiary alicyclic amines) is 2. The zero-order valence-corrected chi connectivity index (χ0v) is 33.1. The highest BCUT2D eigenvalue weighted by Crippen LogP contribution is 2.48. The molecule has 302 valence electrons. The highest BCUT2D eigenvalue weighted by Gasteiger charge is 2.39. The van der Waals surface area contributed by atoms with Gasteiger partial charge in [0.15, 0.2) is 11.5 Å². The Balaban J connectivity index is 1.07. The zero-order chi connectivity index (χ0) is 40.4. The van der Waals surface area contributed by atoms with Gasteiger partial charge in [0.25, 0.3) is 0 Å². The Morgan fingerprint density at radius 3 is 1.65 bits per heavy atom. The third-order valence-electron chi connectivity index (χ3n) is 11.0. The summed E-state index contributed by atoms with van der Waals surface area (Å²) in [5.74, 6) is 2.00. The van der Waals surface area contributed by atoms with Gasteiger partial charge in [0.1, 0.15) is 23.7 Å². The number of ether oxygens (including phenoxy) is 4. The molecule has 4 atom stereocenters. The largest absolute Gasteiger partial charge is 0.453 e. The van der Waals surface area contributed by atoms with Crippen molar-refractivity contribution in [1.29, 1.82) is 0 Å². The van der Waals surface area contributed by atoms with Gasteiger partial charge in [-0.2, -0.15) is 0 Å². The van der Waals surface area contributed by atoms with Crippen molar-refractivity contribution >= 4 is 24.0 Å². The Bertz CT molecular complexity index is 2110. The molecule has 3 aliphatic rings. The first-order valence-corrected chi connectivity index (χ1v) is 19.4. The molecular formula is C41H50N8O8. The van der Waals surface area contributed by atoms with Crippen molar-refractivity contribution < 1.29 is 38.1 Å². The van der Waals surface area contributed by atoms with Gasteiger partial charge < -0.3 is 49.3 Å². The number of carbonyl (C=O) groups excluding carboxylic acids is 4. The lowest BCUT2D eigenvalue weighted by Crippen LogP contribution is -2.51. The van der Waals surface area contributed by atoms with Gasteiger partial charge in [0.05, 0.1) is 50.1 Å². The van der Waals surface area contributed by atoms with E-state index in [0.717, 1.165) is 59.3 Å². The number of aromatic amines is 2. The summed E-state index contributed by atoms with van der Waals surface area (Å²) in [6.45, 7) is 8.77. The van der Waals surface area contributed by atoms with E-state index in [-0.39, 0.29) is 42.5 Å². The van der Waals surface area contributed by atoms with E-state index in [1.165, 1.54) is 14.2 Å². The van der Waals surface area contributed by atoms with E-state index >= 15 is 0 Å². The van der Waals surface area contributed by atoms with Crippen molar-refractivity contribution in [3.05, 3.63) is 60.4 Å². The zero-order valence-electron chi connectivity index (χ0n) is 33.1. The van der Waals surface area contributed by atoms with Gasteiger partial charge in [-0.15, -0.1) is 0 Å². The number of rotatable bonds is 11. The normalized spacial score (nSPS) is 18.5. The van der Waals surface area contributed by atoms with Crippen LogP contribution in [0.5, 0.6) is 11.5 Å². The number of fused-ring (bicyclic) bond motifs is 1. The smallest absolute Gasteiger partial charge is 0.407 e. The molecule has 2 aromatic carbocycles. The lowest BCUT2D eigenvalue weighted by Gasteiger charge is -2.30. The molecular weight excluding hydrogens is 732 g/mol. The van der Waals surface area contributed by atoms with Crippen molar-refractivity contribution in [2.45, 2.75) is 77.5 Å². The Hall–Kier alpha value is -6.06. The summed E-state index contributed by atoms with van der Waals surface area (Å²) in [7, 11) is 2.56. The maximum absolute atomic E-state index is 13.6. The molecule has 0 spiro atoms. The number of aromatic nitrogens is 4. The number of amides is 4. The maximum Gasteiger partial charge on any atom is 0.407 e. The predicted molar refractivity (Wildman–Crippen MR) is 209 cm³/mol. The van der Waals surface area contributed by atoms with Gasteiger partial charge in [-0.3, -0.25) is 9.59 Å². The number of H-pyrrole nitrogens is 2. The molecule has 0 aliphatic carbocycles. The number of methoxy groups -OCH3 is 2. The second kappa shape index (κ2) is 16.6. The van der Waals surface area contributed by atoms with Crippen LogP contribution in [0.4, 0.5) is 9.59 Å². The predicted octanol–water partition coefficient (Wildman–Crippen LogP) is 5.95. The van der Waals surface area contributed by atoms with Gasteiger partial charge in [-0.1, -0.05) is 52.0 Å². The molecule has 0 saturated carbocycles. The topological polar surface area (TPSA) is 193 Å². The summed E-state index contributed by atoms with van der Waals surface area (Å²) < 4.78 is 21.6. The second-order valence-electron chi connectivity index (χ2n) is 15.3. The van der Waals surface area contributed by atoms with Crippen LogP contribution in [0.3, 0.4) is 0 Å². The van der Waals surface area contributed by atoms with Crippen LogP contribution in [0.2, 0.25) is 0 Å². The summed E-state index contributed by atoms with van der Waals surface area (Å²) in [4.78, 5) is 71.0. The number of hydrogen-bond donors (Lipinski definition) is 4. The van der Waals surface area contributed by atoms with Gasteiger partial charge >= 0.3 is 12.2 Å². The second-order valence-corrected chi connectivity index (χ2v) is 15.3. The summed E-state index contributed by atoms with van der Waals surface area (Å²) in [5.41, 5.74) is 5.07. The summed E-state index contributed by atoms with van der Waals surface area (Å²) in [6, 6.07) is 10.1. The van der Waals surface area contributed by atoms with Crippen LogP contribution in [0.1, 0.15) is 77.1 Å². The van der Waals surface area contributed by atoms with Crippen LogP contribution in [0, 0.1) is 11.8 Å². The van der Waals surface area contributed by atoms with Crippen LogP contribution < -0.4 is 20.1 Å². The van der Waals surface area contributed by atoms with E-state index in [9.17, 15) is 19.2 Å². The van der Waals surface area contributed by atoms with Crippen molar-refractivity contribution in [3.8, 4) is 45.1 Å². The third kappa shape index (κ3) is 7.85. The SMILES string of the molecule is COC(=O)NC(C(=O)N1CCC[C@H]1c1ncc(-c2ccc(-c3ccc(-c4cnc([C@@H]5CCCN5C(=O)C(NC(=O)OC)C(C)C)[nH]4)c4c3OCO4)cc2)[nH]1)C(C)C. The van der Waals surface area contributed by atoms with Crippen molar-refractivity contribution in [2.75, 3.05) is 34.1 Å². The van der Waals surface area contributed by atoms with E-state index in [1.807, 2.05) is 64.1 Å². The lowest BCUT2D eigenvalue weighted by atomic mass is 9.99. The van der Waals surface area contributed by atoms with Crippen molar-refractivity contribution in [2.24, 2.45) is 11.8 Å². The Morgan fingerprint density at radius 1 is 0.684 bits per heavy atom. The minimum absolute atomic E-state index is 0.0708. The molecule has 2 aromatic heterocycles. The van der Waals surface area contributed by atoms with Gasteiger partial charge in [-0.05, 0) is 60.8 Å². The first kappa shape index (κ1) is 39.2. The van der Waals surface area contributed by atoms with Crippen molar-refractivity contribution in [3.63, 3.8) is 0 Å². The molecule has 2 unspecified atom stereocenters. The van der Waals surface area contributed by atoms with Crippen LogP contribution in [0.25, 0.3) is 33.6 Å². The number of alkyl carbamates (subject to hydrolysis) is 2. The fraction of sp³-hybridized carbons (Fsp3) is 0.463. The molecule has 0 bridgehead atoms. The molecule has 5 heterocycles. The summed E-state index contributed by atoms with van der Waals surface area (Å²) in [6.07, 6.45) is 5.39. The van der Waals surface area contributed by atoms with E-state index in [2.05, 4.69) is 25.6 Å². The highest BCUT2D eigenvalue weighted by molar-refractivity contribution is 5.87. The summed E-state index contributed by atoms with van der Waals surface area (Å²) in [5, 5.41) is 5.38.